The van der Waals surface area contributed by atoms with Gasteiger partial charge in [-0.05, 0) is 6.42 Å². The van der Waals surface area contributed by atoms with Gasteiger partial charge in [-0.1, -0.05) is 13.3 Å². The zero-order valence-electron chi connectivity index (χ0n) is 10.7. The first-order valence-electron chi connectivity index (χ1n) is 6.17. The van der Waals surface area contributed by atoms with Gasteiger partial charge in [-0.25, -0.2) is 0 Å². The average Bonchev–Trinajstić information content (AvgIpc) is 2.31. The third kappa shape index (κ3) is 8.62. The molecule has 1 rings (SSSR count). The minimum absolute atomic E-state index is 0. The summed E-state index contributed by atoms with van der Waals surface area (Å²) in [5.74, 6) is 0.571. The zero-order chi connectivity index (χ0) is 11.6. The highest BCUT2D eigenvalue weighted by Crippen LogP contribution is 1.94. The van der Waals surface area contributed by atoms with Crippen molar-refractivity contribution in [3.63, 3.8) is 0 Å². The lowest BCUT2D eigenvalue weighted by Gasteiger charge is -2.26. The molecule has 0 aromatic rings. The van der Waals surface area contributed by atoms with Crippen LogP contribution in [0.4, 0.5) is 0 Å². The van der Waals surface area contributed by atoms with E-state index in [1.54, 1.807) is 0 Å². The predicted molar refractivity (Wildman–Crippen MR) is 82.1 cm³/mol. The molecule has 1 saturated heterocycles. The van der Waals surface area contributed by atoms with E-state index in [0.29, 0.717) is 5.96 Å². The number of unbranched alkanes of at least 4 members (excludes halogenated alkanes) is 1. The summed E-state index contributed by atoms with van der Waals surface area (Å²) in [5.41, 5.74) is 5.73. The summed E-state index contributed by atoms with van der Waals surface area (Å²) in [6.07, 6.45) is 2.26. The number of ether oxygens (including phenoxy) is 1. The molecule has 1 aliphatic rings. The van der Waals surface area contributed by atoms with E-state index in [0.717, 1.165) is 58.8 Å². The van der Waals surface area contributed by atoms with Crippen molar-refractivity contribution in [3.05, 3.63) is 0 Å². The van der Waals surface area contributed by atoms with Gasteiger partial charge in [-0.3, -0.25) is 9.89 Å². The highest BCUT2D eigenvalue weighted by Gasteiger charge is 2.08. The summed E-state index contributed by atoms with van der Waals surface area (Å²) < 4.78 is 5.28. The summed E-state index contributed by atoms with van der Waals surface area (Å²) >= 11 is 0. The minimum atomic E-state index is 0. The number of hydrogen-bond acceptors (Lipinski definition) is 3. The molecule has 0 saturated carbocycles. The first-order chi connectivity index (χ1) is 7.83. The van der Waals surface area contributed by atoms with Gasteiger partial charge < -0.3 is 15.8 Å². The van der Waals surface area contributed by atoms with Crippen molar-refractivity contribution in [1.29, 1.82) is 0 Å². The largest absolute Gasteiger partial charge is 0.379 e. The number of nitrogens with zero attached hydrogens (tertiary/aromatic N) is 2. The molecule has 1 heterocycles. The molecule has 0 atom stereocenters. The van der Waals surface area contributed by atoms with Crippen LogP contribution in [-0.4, -0.2) is 56.8 Å². The van der Waals surface area contributed by atoms with E-state index in [2.05, 4.69) is 22.1 Å². The Kier molecular flexibility index (Phi) is 11.0. The van der Waals surface area contributed by atoms with Crippen LogP contribution in [0.15, 0.2) is 4.99 Å². The van der Waals surface area contributed by atoms with Gasteiger partial charge in [0.2, 0.25) is 0 Å². The van der Waals surface area contributed by atoms with E-state index < -0.39 is 0 Å². The van der Waals surface area contributed by atoms with Crippen LogP contribution in [0, 0.1) is 0 Å². The number of guanidine groups is 1. The first-order valence-corrected chi connectivity index (χ1v) is 6.17. The minimum Gasteiger partial charge on any atom is -0.379 e. The highest BCUT2D eigenvalue weighted by atomic mass is 127. The average molecular weight is 356 g/mol. The molecule has 0 amide bonds. The molecule has 102 valence electrons. The van der Waals surface area contributed by atoms with E-state index in [-0.39, 0.29) is 24.0 Å². The molecule has 1 fully saturated rings. The summed E-state index contributed by atoms with van der Waals surface area (Å²) in [6.45, 7) is 8.59. The van der Waals surface area contributed by atoms with Crippen LogP contribution in [0.5, 0.6) is 0 Å². The van der Waals surface area contributed by atoms with Gasteiger partial charge in [-0.2, -0.15) is 0 Å². The second-order valence-corrected chi connectivity index (χ2v) is 4.00. The third-order valence-electron chi connectivity index (χ3n) is 2.63. The van der Waals surface area contributed by atoms with Crippen molar-refractivity contribution in [2.45, 2.75) is 19.8 Å². The molecule has 1 aliphatic heterocycles. The lowest BCUT2D eigenvalue weighted by atomic mass is 10.3. The van der Waals surface area contributed by atoms with Crippen molar-refractivity contribution < 1.29 is 4.74 Å². The van der Waals surface area contributed by atoms with Gasteiger partial charge >= 0.3 is 0 Å². The molecule has 0 radical (unpaired) electrons. The number of aliphatic imine (C=N–C) groups is 1. The molecular formula is C11H25IN4O. The summed E-state index contributed by atoms with van der Waals surface area (Å²) in [6, 6.07) is 0. The fourth-order valence-corrected chi connectivity index (χ4v) is 1.58. The molecular weight excluding hydrogens is 331 g/mol. The zero-order valence-corrected chi connectivity index (χ0v) is 13.0. The van der Waals surface area contributed by atoms with Crippen molar-refractivity contribution in [1.82, 2.24) is 10.2 Å². The van der Waals surface area contributed by atoms with Gasteiger partial charge in [0, 0.05) is 32.7 Å². The quantitative estimate of drug-likeness (QED) is 0.317. The molecule has 0 aliphatic carbocycles. The highest BCUT2D eigenvalue weighted by molar-refractivity contribution is 14.0. The standard InChI is InChI=1S/C11H24N4O.HI/c1-2-3-4-13-11(12)14-5-6-15-7-9-16-10-8-15;/h2-10H2,1H3,(H3,12,13,14);1H. The van der Waals surface area contributed by atoms with E-state index in [9.17, 15) is 0 Å². The van der Waals surface area contributed by atoms with Gasteiger partial charge in [-0.15, -0.1) is 24.0 Å². The Bertz CT molecular complexity index is 208. The van der Waals surface area contributed by atoms with Gasteiger partial charge in [0.1, 0.15) is 0 Å². The van der Waals surface area contributed by atoms with Gasteiger partial charge in [0.25, 0.3) is 0 Å². The molecule has 17 heavy (non-hydrogen) atoms. The van der Waals surface area contributed by atoms with Crippen molar-refractivity contribution >= 4 is 29.9 Å². The van der Waals surface area contributed by atoms with Crippen LogP contribution in [0.1, 0.15) is 19.8 Å². The van der Waals surface area contributed by atoms with Crippen LogP contribution in [0.2, 0.25) is 0 Å². The molecule has 6 heteroatoms. The summed E-state index contributed by atoms with van der Waals surface area (Å²) in [7, 11) is 0. The SMILES string of the molecule is CCCCN=C(N)NCCN1CCOCC1.I. The smallest absolute Gasteiger partial charge is 0.188 e. The Morgan fingerprint density at radius 3 is 2.76 bits per heavy atom. The van der Waals surface area contributed by atoms with Crippen LogP contribution in [0.25, 0.3) is 0 Å². The fraction of sp³-hybridized carbons (Fsp3) is 0.909. The maximum atomic E-state index is 5.73. The molecule has 0 spiro atoms. The number of nitrogens with two attached hydrogens (primary N) is 1. The third-order valence-corrected chi connectivity index (χ3v) is 2.63. The Hall–Kier alpha value is -0.0800. The maximum absolute atomic E-state index is 5.73. The number of morpholine rings is 1. The normalized spacial score (nSPS) is 17.6. The first kappa shape index (κ1) is 16.9. The molecule has 5 nitrogen and oxygen atoms in total. The Morgan fingerprint density at radius 1 is 1.41 bits per heavy atom. The fourth-order valence-electron chi connectivity index (χ4n) is 1.58. The lowest BCUT2D eigenvalue weighted by molar-refractivity contribution is 0.0389. The van der Waals surface area contributed by atoms with E-state index in [1.165, 1.54) is 0 Å². The Morgan fingerprint density at radius 2 is 2.12 bits per heavy atom. The van der Waals surface area contributed by atoms with E-state index in [1.807, 2.05) is 0 Å². The molecule has 0 aromatic heterocycles. The molecule has 0 aromatic carbocycles. The van der Waals surface area contributed by atoms with Crippen LogP contribution >= 0.6 is 24.0 Å². The predicted octanol–water partition coefficient (Wildman–Crippen LogP) is 0.641. The van der Waals surface area contributed by atoms with Gasteiger partial charge in [0.15, 0.2) is 5.96 Å². The number of rotatable bonds is 6. The summed E-state index contributed by atoms with van der Waals surface area (Å²) in [4.78, 5) is 6.61. The number of nitrogens with one attached hydrogen (secondary N) is 1. The second-order valence-electron chi connectivity index (χ2n) is 4.00. The lowest BCUT2D eigenvalue weighted by Crippen LogP contribution is -2.42. The van der Waals surface area contributed by atoms with E-state index in [4.69, 9.17) is 10.5 Å². The van der Waals surface area contributed by atoms with Crippen LogP contribution in [0.3, 0.4) is 0 Å². The Balaban J connectivity index is 0.00000256. The Labute approximate surface area is 121 Å². The van der Waals surface area contributed by atoms with Crippen molar-refractivity contribution in [3.8, 4) is 0 Å². The van der Waals surface area contributed by atoms with Crippen molar-refractivity contribution in [2.75, 3.05) is 45.9 Å². The molecule has 0 unspecified atom stereocenters. The van der Waals surface area contributed by atoms with E-state index >= 15 is 0 Å². The molecule has 3 N–H and O–H groups in total. The van der Waals surface area contributed by atoms with Crippen molar-refractivity contribution in [2.24, 2.45) is 10.7 Å². The topological polar surface area (TPSA) is 62.9 Å². The number of halogens is 1. The number of hydrogen-bond donors (Lipinski definition) is 2. The maximum Gasteiger partial charge on any atom is 0.188 e. The summed E-state index contributed by atoms with van der Waals surface area (Å²) in [5, 5.41) is 3.13. The van der Waals surface area contributed by atoms with Crippen LogP contribution < -0.4 is 11.1 Å². The second kappa shape index (κ2) is 11.0. The monoisotopic (exact) mass is 356 g/mol. The van der Waals surface area contributed by atoms with Gasteiger partial charge in [0.05, 0.1) is 13.2 Å². The van der Waals surface area contributed by atoms with Crippen LogP contribution in [-0.2, 0) is 4.74 Å². The molecule has 0 bridgehead atoms.